The van der Waals surface area contributed by atoms with E-state index >= 15 is 0 Å². The van der Waals surface area contributed by atoms with E-state index in [1.165, 1.54) is 0 Å². The Morgan fingerprint density at radius 1 is 1.43 bits per heavy atom. The van der Waals surface area contributed by atoms with Gasteiger partial charge in [-0.2, -0.15) is 5.10 Å². The van der Waals surface area contributed by atoms with Gasteiger partial charge in [-0.15, -0.1) is 0 Å². The lowest BCUT2D eigenvalue weighted by Crippen LogP contribution is -2.22. The first-order valence-corrected chi connectivity index (χ1v) is 9.66. The van der Waals surface area contributed by atoms with E-state index in [2.05, 4.69) is 18.9 Å². The Labute approximate surface area is 127 Å². The SMILES string of the molecule is CCC(CC)n1ccc(CC(CO)C2CCS(=O)(=O)C2)n1. The predicted octanol–water partition coefficient (Wildman–Crippen LogP) is 1.83. The van der Waals surface area contributed by atoms with E-state index in [1.54, 1.807) is 0 Å². The van der Waals surface area contributed by atoms with Crippen molar-refractivity contribution in [3.05, 3.63) is 18.0 Å². The number of hydrogen-bond donors (Lipinski definition) is 1. The van der Waals surface area contributed by atoms with Crippen LogP contribution in [0.5, 0.6) is 0 Å². The molecule has 1 aromatic heterocycles. The smallest absolute Gasteiger partial charge is 0.150 e. The van der Waals surface area contributed by atoms with Gasteiger partial charge in [-0.1, -0.05) is 13.8 Å². The Hall–Kier alpha value is -0.880. The monoisotopic (exact) mass is 314 g/mol. The highest BCUT2D eigenvalue weighted by Crippen LogP contribution is 2.28. The molecule has 21 heavy (non-hydrogen) atoms. The van der Waals surface area contributed by atoms with Crippen LogP contribution in [0.1, 0.15) is 44.8 Å². The molecule has 2 heterocycles. The van der Waals surface area contributed by atoms with Gasteiger partial charge in [0, 0.05) is 12.8 Å². The molecule has 2 unspecified atom stereocenters. The van der Waals surface area contributed by atoms with Crippen LogP contribution in [0.25, 0.3) is 0 Å². The van der Waals surface area contributed by atoms with Gasteiger partial charge < -0.3 is 5.11 Å². The van der Waals surface area contributed by atoms with E-state index in [-0.39, 0.29) is 29.9 Å². The minimum Gasteiger partial charge on any atom is -0.396 e. The lowest BCUT2D eigenvalue weighted by atomic mass is 9.89. The van der Waals surface area contributed by atoms with Gasteiger partial charge >= 0.3 is 0 Å². The summed E-state index contributed by atoms with van der Waals surface area (Å²) in [5.41, 5.74) is 0.949. The Bertz CT molecular complexity index is 549. The van der Waals surface area contributed by atoms with E-state index in [0.717, 1.165) is 18.5 Å². The average molecular weight is 314 g/mol. The molecule has 1 N–H and O–H groups in total. The van der Waals surface area contributed by atoms with Crippen LogP contribution in [0.15, 0.2) is 12.3 Å². The molecule has 1 fully saturated rings. The molecule has 0 aliphatic carbocycles. The first-order chi connectivity index (χ1) is 9.99. The fraction of sp³-hybridized carbons (Fsp3) is 0.800. The summed E-state index contributed by atoms with van der Waals surface area (Å²) in [6.45, 7) is 4.32. The molecule has 120 valence electrons. The number of nitrogens with zero attached hydrogens (tertiary/aromatic N) is 2. The summed E-state index contributed by atoms with van der Waals surface area (Å²) in [5.74, 6) is 0.535. The Balaban J connectivity index is 2.02. The zero-order valence-corrected chi connectivity index (χ0v) is 13.7. The van der Waals surface area contributed by atoms with Crippen molar-refractivity contribution in [2.24, 2.45) is 11.8 Å². The number of sulfone groups is 1. The second-order valence-electron chi connectivity index (χ2n) is 6.07. The standard InChI is InChI=1S/C15H26N2O3S/c1-3-15(4-2)17-7-5-14(16-17)9-13(10-18)12-6-8-21(19,20)11-12/h5,7,12-13,15,18H,3-4,6,8-11H2,1-2H3. The molecule has 0 radical (unpaired) electrons. The molecular formula is C15H26N2O3S. The summed E-state index contributed by atoms with van der Waals surface area (Å²) in [7, 11) is -2.90. The van der Waals surface area contributed by atoms with Crippen molar-refractivity contribution < 1.29 is 13.5 Å². The Morgan fingerprint density at radius 3 is 2.67 bits per heavy atom. The highest BCUT2D eigenvalue weighted by atomic mass is 32.2. The molecule has 1 aliphatic rings. The molecule has 1 aromatic rings. The fourth-order valence-corrected chi connectivity index (χ4v) is 5.12. The molecule has 2 rings (SSSR count). The number of rotatable bonds is 7. The van der Waals surface area contributed by atoms with Crippen LogP contribution in [-0.2, 0) is 16.3 Å². The van der Waals surface area contributed by atoms with Crippen molar-refractivity contribution in [3.63, 3.8) is 0 Å². The van der Waals surface area contributed by atoms with Gasteiger partial charge in [-0.25, -0.2) is 8.42 Å². The van der Waals surface area contributed by atoms with Crippen molar-refractivity contribution in [1.82, 2.24) is 9.78 Å². The van der Waals surface area contributed by atoms with Crippen molar-refractivity contribution >= 4 is 9.84 Å². The molecule has 5 nitrogen and oxygen atoms in total. The van der Waals surface area contributed by atoms with Gasteiger partial charge in [0.1, 0.15) is 0 Å². The van der Waals surface area contributed by atoms with Crippen molar-refractivity contribution in [2.75, 3.05) is 18.1 Å². The average Bonchev–Trinajstić information content (AvgIpc) is 3.04. The molecule has 0 saturated carbocycles. The van der Waals surface area contributed by atoms with Crippen LogP contribution >= 0.6 is 0 Å². The summed E-state index contributed by atoms with van der Waals surface area (Å²) in [6, 6.07) is 2.41. The topological polar surface area (TPSA) is 72.2 Å². The maximum atomic E-state index is 11.6. The van der Waals surface area contributed by atoms with E-state index in [0.29, 0.717) is 18.9 Å². The first-order valence-electron chi connectivity index (χ1n) is 7.84. The molecule has 2 atom stereocenters. The summed E-state index contributed by atoms with van der Waals surface area (Å²) in [6.07, 6.45) is 5.40. The first kappa shape index (κ1) is 16.5. The highest BCUT2D eigenvalue weighted by molar-refractivity contribution is 7.91. The van der Waals surface area contributed by atoms with Gasteiger partial charge in [0.15, 0.2) is 9.84 Å². The minimum absolute atomic E-state index is 0.00710. The molecule has 1 aliphatic heterocycles. The van der Waals surface area contributed by atoms with Crippen molar-refractivity contribution in [3.8, 4) is 0 Å². The predicted molar refractivity (Wildman–Crippen MR) is 82.9 cm³/mol. The van der Waals surface area contributed by atoms with Gasteiger partial charge in [-0.3, -0.25) is 4.68 Å². The molecule has 0 bridgehead atoms. The molecule has 0 spiro atoms. The van der Waals surface area contributed by atoms with E-state index in [1.807, 2.05) is 16.9 Å². The maximum Gasteiger partial charge on any atom is 0.150 e. The van der Waals surface area contributed by atoms with Crippen molar-refractivity contribution in [1.29, 1.82) is 0 Å². The number of aliphatic hydroxyl groups is 1. The molecule has 1 saturated heterocycles. The summed E-state index contributed by atoms with van der Waals surface area (Å²) < 4.78 is 25.2. The van der Waals surface area contributed by atoms with E-state index < -0.39 is 9.84 Å². The van der Waals surface area contributed by atoms with Gasteiger partial charge in [0.2, 0.25) is 0 Å². The van der Waals surface area contributed by atoms with E-state index in [9.17, 15) is 13.5 Å². The van der Waals surface area contributed by atoms with Crippen LogP contribution in [0.4, 0.5) is 0 Å². The zero-order valence-electron chi connectivity index (χ0n) is 12.9. The Morgan fingerprint density at radius 2 is 2.14 bits per heavy atom. The van der Waals surface area contributed by atoms with Gasteiger partial charge in [-0.05, 0) is 43.6 Å². The second-order valence-corrected chi connectivity index (χ2v) is 8.30. The second kappa shape index (κ2) is 6.92. The highest BCUT2D eigenvalue weighted by Gasteiger charge is 2.33. The van der Waals surface area contributed by atoms with Gasteiger partial charge in [0.25, 0.3) is 0 Å². The minimum atomic E-state index is -2.90. The summed E-state index contributed by atoms with van der Waals surface area (Å²) in [4.78, 5) is 0. The van der Waals surface area contributed by atoms with Gasteiger partial charge in [0.05, 0.1) is 23.2 Å². The summed E-state index contributed by atoms with van der Waals surface area (Å²) >= 11 is 0. The van der Waals surface area contributed by atoms with Crippen molar-refractivity contribution in [2.45, 2.75) is 45.6 Å². The van der Waals surface area contributed by atoms with Crippen LogP contribution in [0, 0.1) is 11.8 Å². The third-order valence-corrected chi connectivity index (χ3v) is 6.41. The maximum absolute atomic E-state index is 11.6. The van der Waals surface area contributed by atoms with Crippen LogP contribution < -0.4 is 0 Å². The molecule has 0 aromatic carbocycles. The zero-order chi connectivity index (χ0) is 15.5. The molecule has 6 heteroatoms. The largest absolute Gasteiger partial charge is 0.396 e. The molecule has 0 amide bonds. The molecular weight excluding hydrogens is 288 g/mol. The van der Waals surface area contributed by atoms with E-state index in [4.69, 9.17) is 0 Å². The lowest BCUT2D eigenvalue weighted by Gasteiger charge is -2.19. The normalized spacial score (nSPS) is 22.8. The Kier molecular flexibility index (Phi) is 5.43. The number of aromatic nitrogens is 2. The summed E-state index contributed by atoms with van der Waals surface area (Å²) in [5, 5.41) is 14.2. The number of hydrogen-bond acceptors (Lipinski definition) is 4. The lowest BCUT2D eigenvalue weighted by molar-refractivity contribution is 0.182. The number of aliphatic hydroxyl groups excluding tert-OH is 1. The quantitative estimate of drug-likeness (QED) is 0.833. The van der Waals surface area contributed by atoms with Crippen LogP contribution in [0.2, 0.25) is 0 Å². The van der Waals surface area contributed by atoms with Crippen LogP contribution in [0.3, 0.4) is 0 Å². The third kappa shape index (κ3) is 4.07. The fourth-order valence-electron chi connectivity index (χ4n) is 3.20. The van der Waals surface area contributed by atoms with Crippen LogP contribution in [-0.4, -0.2) is 41.4 Å². The third-order valence-electron chi connectivity index (χ3n) is 4.62.